The molecule has 0 heterocycles. The summed E-state index contributed by atoms with van der Waals surface area (Å²) in [5.41, 5.74) is -1.04. The second kappa shape index (κ2) is 8.15. The molecule has 0 saturated carbocycles. The molecule has 2 N–H and O–H groups in total. The van der Waals surface area contributed by atoms with Crippen molar-refractivity contribution < 1.29 is 30.8 Å². The van der Waals surface area contributed by atoms with Crippen molar-refractivity contribution in [3.8, 4) is 0 Å². The van der Waals surface area contributed by atoms with Crippen LogP contribution in [0.15, 0.2) is 77.7 Å². The molecule has 0 fully saturated rings. The monoisotopic (exact) mass is 438 g/mol. The van der Waals surface area contributed by atoms with E-state index >= 15 is 0 Å². The van der Waals surface area contributed by atoms with E-state index in [-0.39, 0.29) is 16.9 Å². The Balaban J connectivity index is 1.89. The largest absolute Gasteiger partial charge is 0.416 e. The fraction of sp³-hybridized carbons (Fsp3) is 0.0500. The molecule has 1 amide bonds. The average Bonchev–Trinajstić information content (AvgIpc) is 2.69. The van der Waals surface area contributed by atoms with Crippen molar-refractivity contribution in [2.75, 3.05) is 10.0 Å². The Morgan fingerprint density at radius 3 is 2.20 bits per heavy atom. The number of benzene rings is 3. The van der Waals surface area contributed by atoms with Gasteiger partial charge in [-0.1, -0.05) is 18.2 Å². The molecule has 0 radical (unpaired) electrons. The lowest BCUT2D eigenvalue weighted by molar-refractivity contribution is -0.137. The highest BCUT2D eigenvalue weighted by molar-refractivity contribution is 7.92. The predicted molar refractivity (Wildman–Crippen MR) is 103 cm³/mol. The zero-order chi connectivity index (χ0) is 21.9. The number of halogens is 4. The van der Waals surface area contributed by atoms with E-state index < -0.39 is 38.4 Å². The van der Waals surface area contributed by atoms with E-state index in [1.165, 1.54) is 36.4 Å². The van der Waals surface area contributed by atoms with Crippen LogP contribution < -0.4 is 10.0 Å². The van der Waals surface area contributed by atoms with Crippen LogP contribution in [0.1, 0.15) is 15.9 Å². The van der Waals surface area contributed by atoms with Crippen LogP contribution >= 0.6 is 0 Å². The third kappa shape index (κ3) is 4.95. The maximum absolute atomic E-state index is 13.0. The Labute approximate surface area is 169 Å². The third-order valence-electron chi connectivity index (χ3n) is 3.99. The number of hydrogen-bond acceptors (Lipinski definition) is 3. The minimum atomic E-state index is -4.71. The van der Waals surface area contributed by atoms with Gasteiger partial charge in [0.1, 0.15) is 5.82 Å². The normalized spacial score (nSPS) is 11.7. The summed E-state index contributed by atoms with van der Waals surface area (Å²) in [5, 5.41) is 2.49. The zero-order valence-electron chi connectivity index (χ0n) is 15.1. The highest BCUT2D eigenvalue weighted by atomic mass is 32.2. The standard InChI is InChI=1S/C20H14F4N2O3S/c21-14-8-10-15(11-9-14)25-19(27)17-6-1-2-7-18(17)26-30(28,29)16-5-3-4-13(12-16)20(22,23)24/h1-12,26H,(H,25,27). The van der Waals surface area contributed by atoms with Crippen molar-refractivity contribution in [2.24, 2.45) is 0 Å². The molecule has 0 aliphatic heterocycles. The van der Waals surface area contributed by atoms with Crippen molar-refractivity contribution in [1.29, 1.82) is 0 Å². The van der Waals surface area contributed by atoms with Gasteiger partial charge >= 0.3 is 6.18 Å². The number of nitrogens with one attached hydrogen (secondary N) is 2. The van der Waals surface area contributed by atoms with Crippen LogP contribution in [0, 0.1) is 5.82 Å². The first-order valence-corrected chi connectivity index (χ1v) is 9.90. The molecule has 0 spiro atoms. The Bertz CT molecular complexity index is 1180. The van der Waals surface area contributed by atoms with E-state index in [0.717, 1.165) is 30.3 Å². The lowest BCUT2D eigenvalue weighted by Crippen LogP contribution is -2.19. The molecular formula is C20H14F4N2O3S. The molecule has 0 atom stereocenters. The van der Waals surface area contributed by atoms with Crippen LogP contribution in [0.25, 0.3) is 0 Å². The lowest BCUT2D eigenvalue weighted by Gasteiger charge is -2.14. The van der Waals surface area contributed by atoms with E-state index in [1.54, 1.807) is 0 Å². The maximum Gasteiger partial charge on any atom is 0.416 e. The number of carbonyl (C=O) groups excluding carboxylic acids is 1. The minimum absolute atomic E-state index is 0.0719. The summed E-state index contributed by atoms with van der Waals surface area (Å²) >= 11 is 0. The molecule has 30 heavy (non-hydrogen) atoms. The van der Waals surface area contributed by atoms with E-state index in [2.05, 4.69) is 10.0 Å². The number of amides is 1. The predicted octanol–water partition coefficient (Wildman–Crippen LogP) is 4.90. The highest BCUT2D eigenvalue weighted by Crippen LogP contribution is 2.31. The summed E-state index contributed by atoms with van der Waals surface area (Å²) < 4.78 is 79.0. The summed E-state index contributed by atoms with van der Waals surface area (Å²) in [6.07, 6.45) is -4.71. The van der Waals surface area contributed by atoms with Gasteiger partial charge in [0.2, 0.25) is 0 Å². The van der Waals surface area contributed by atoms with Crippen LogP contribution in [-0.4, -0.2) is 14.3 Å². The van der Waals surface area contributed by atoms with Gasteiger partial charge in [-0.25, -0.2) is 12.8 Å². The van der Waals surface area contributed by atoms with Crippen molar-refractivity contribution in [3.63, 3.8) is 0 Å². The summed E-state index contributed by atoms with van der Waals surface area (Å²) in [5.74, 6) is -1.19. The molecule has 0 aliphatic rings. The molecule has 0 aromatic heterocycles. The molecule has 0 unspecified atom stereocenters. The average molecular weight is 438 g/mol. The molecule has 156 valence electrons. The molecule has 0 bridgehead atoms. The maximum atomic E-state index is 13.0. The van der Waals surface area contributed by atoms with Gasteiger partial charge in [0, 0.05) is 5.69 Å². The molecule has 0 saturated heterocycles. The van der Waals surface area contributed by atoms with Crippen LogP contribution in [-0.2, 0) is 16.2 Å². The fourth-order valence-electron chi connectivity index (χ4n) is 2.55. The van der Waals surface area contributed by atoms with E-state index in [0.29, 0.717) is 6.07 Å². The SMILES string of the molecule is O=C(Nc1ccc(F)cc1)c1ccccc1NS(=O)(=O)c1cccc(C(F)(F)F)c1. The van der Waals surface area contributed by atoms with Crippen LogP contribution in [0.4, 0.5) is 28.9 Å². The molecule has 3 rings (SSSR count). The van der Waals surface area contributed by atoms with Crippen LogP contribution in [0.3, 0.4) is 0 Å². The number of carbonyl (C=O) groups is 1. The number of alkyl halides is 3. The summed E-state index contributed by atoms with van der Waals surface area (Å²) in [6.45, 7) is 0. The van der Waals surface area contributed by atoms with Crippen molar-refractivity contribution >= 4 is 27.3 Å². The van der Waals surface area contributed by atoms with Crippen molar-refractivity contribution in [3.05, 3.63) is 89.7 Å². The topological polar surface area (TPSA) is 75.3 Å². The molecule has 10 heteroatoms. The lowest BCUT2D eigenvalue weighted by atomic mass is 10.1. The van der Waals surface area contributed by atoms with Crippen molar-refractivity contribution in [1.82, 2.24) is 0 Å². The highest BCUT2D eigenvalue weighted by Gasteiger charge is 2.31. The van der Waals surface area contributed by atoms with E-state index in [4.69, 9.17) is 0 Å². The number of sulfonamides is 1. The quantitative estimate of drug-likeness (QED) is 0.557. The molecule has 3 aromatic carbocycles. The van der Waals surface area contributed by atoms with Gasteiger partial charge < -0.3 is 5.32 Å². The second-order valence-corrected chi connectivity index (χ2v) is 7.82. The van der Waals surface area contributed by atoms with Crippen LogP contribution in [0.5, 0.6) is 0 Å². The van der Waals surface area contributed by atoms with E-state index in [9.17, 15) is 30.8 Å². The van der Waals surface area contributed by atoms with Crippen LogP contribution in [0.2, 0.25) is 0 Å². The van der Waals surface area contributed by atoms with Gasteiger partial charge in [0.05, 0.1) is 21.7 Å². The smallest absolute Gasteiger partial charge is 0.322 e. The third-order valence-corrected chi connectivity index (χ3v) is 5.35. The van der Waals surface area contributed by atoms with Gasteiger partial charge in [-0.15, -0.1) is 0 Å². The molecule has 3 aromatic rings. The number of anilines is 2. The first-order valence-electron chi connectivity index (χ1n) is 8.42. The number of para-hydroxylation sites is 1. The van der Waals surface area contributed by atoms with Gasteiger partial charge in [-0.2, -0.15) is 13.2 Å². The second-order valence-electron chi connectivity index (χ2n) is 6.14. The van der Waals surface area contributed by atoms with E-state index in [1.807, 2.05) is 0 Å². The summed E-state index contributed by atoms with van der Waals surface area (Å²) in [6, 6.07) is 13.7. The van der Waals surface area contributed by atoms with Gasteiger partial charge in [-0.05, 0) is 54.6 Å². The Hall–Kier alpha value is -3.40. The summed E-state index contributed by atoms with van der Waals surface area (Å²) in [7, 11) is -4.41. The molecular weight excluding hydrogens is 424 g/mol. The first kappa shape index (κ1) is 21.3. The van der Waals surface area contributed by atoms with Crippen molar-refractivity contribution in [2.45, 2.75) is 11.1 Å². The van der Waals surface area contributed by atoms with Gasteiger partial charge in [-0.3, -0.25) is 9.52 Å². The Morgan fingerprint density at radius 1 is 0.867 bits per heavy atom. The number of hydrogen-bond donors (Lipinski definition) is 2. The van der Waals surface area contributed by atoms with Gasteiger partial charge in [0.25, 0.3) is 15.9 Å². The number of rotatable bonds is 5. The Morgan fingerprint density at radius 2 is 1.53 bits per heavy atom. The fourth-order valence-corrected chi connectivity index (χ4v) is 3.67. The Kier molecular flexibility index (Phi) is 5.79. The first-order chi connectivity index (χ1) is 14.1. The zero-order valence-corrected chi connectivity index (χ0v) is 15.9. The minimum Gasteiger partial charge on any atom is -0.322 e. The molecule has 5 nitrogen and oxygen atoms in total. The van der Waals surface area contributed by atoms with Gasteiger partial charge in [0.15, 0.2) is 0 Å². The summed E-state index contributed by atoms with van der Waals surface area (Å²) in [4.78, 5) is 11.9. The molecule has 0 aliphatic carbocycles.